The second-order valence-electron chi connectivity index (χ2n) is 6.86. The van der Waals surface area contributed by atoms with E-state index in [1.54, 1.807) is 0 Å². The van der Waals surface area contributed by atoms with Crippen LogP contribution in [0.3, 0.4) is 0 Å². The van der Waals surface area contributed by atoms with E-state index in [1.165, 1.54) is 22.9 Å². The fourth-order valence-corrected chi connectivity index (χ4v) is 3.68. The van der Waals surface area contributed by atoms with E-state index in [2.05, 4.69) is 39.6 Å². The van der Waals surface area contributed by atoms with E-state index in [-0.39, 0.29) is 11.2 Å². The zero-order chi connectivity index (χ0) is 19.6. The van der Waals surface area contributed by atoms with E-state index in [1.807, 2.05) is 52.0 Å². The van der Waals surface area contributed by atoms with Gasteiger partial charge in [-0.25, -0.2) is 4.98 Å². The summed E-state index contributed by atoms with van der Waals surface area (Å²) in [5.74, 6) is 0.645. The molecule has 1 atom stereocenters. The lowest BCUT2D eigenvalue weighted by molar-refractivity contribution is -0.115. The molecule has 0 unspecified atom stereocenters. The van der Waals surface area contributed by atoms with Crippen LogP contribution in [0.4, 0.5) is 5.69 Å². The van der Waals surface area contributed by atoms with E-state index in [4.69, 9.17) is 0 Å². The summed E-state index contributed by atoms with van der Waals surface area (Å²) in [5, 5.41) is 10.5. The summed E-state index contributed by atoms with van der Waals surface area (Å²) in [7, 11) is 0. The molecule has 0 saturated heterocycles. The third kappa shape index (κ3) is 4.57. The van der Waals surface area contributed by atoms with Gasteiger partial charge in [0.25, 0.3) is 0 Å². The van der Waals surface area contributed by atoms with Crippen LogP contribution < -0.4 is 5.32 Å². The van der Waals surface area contributed by atoms with Crippen molar-refractivity contribution in [3.05, 3.63) is 58.7 Å². The van der Waals surface area contributed by atoms with E-state index in [0.717, 1.165) is 22.4 Å². The summed E-state index contributed by atoms with van der Waals surface area (Å²) in [6.07, 6.45) is 0. The number of thioether (sulfide) groups is 1. The lowest BCUT2D eigenvalue weighted by atomic mass is 10.1. The minimum atomic E-state index is -0.313. The standard InChI is InChI=1S/C21H24N4OS/c1-12-6-8-17(9-7-12)19-23-21(25-24-19)27-16(5)20(26)22-18-14(3)10-13(2)11-15(18)4/h6-11,16H,1-5H3,(H,22,26)(H,23,24,25)/t16-/m1/s1. The summed E-state index contributed by atoms with van der Waals surface area (Å²) in [4.78, 5) is 17.1. The first-order valence-corrected chi connectivity index (χ1v) is 9.76. The van der Waals surface area contributed by atoms with Gasteiger partial charge in [-0.3, -0.25) is 9.89 Å². The van der Waals surface area contributed by atoms with E-state index in [0.29, 0.717) is 11.0 Å². The molecule has 0 fully saturated rings. The smallest absolute Gasteiger partial charge is 0.237 e. The number of H-pyrrole nitrogens is 1. The van der Waals surface area contributed by atoms with Gasteiger partial charge < -0.3 is 5.32 Å². The molecular formula is C21H24N4OS. The minimum Gasteiger partial charge on any atom is -0.325 e. The van der Waals surface area contributed by atoms with Gasteiger partial charge in [0.15, 0.2) is 5.82 Å². The number of carbonyl (C=O) groups is 1. The number of hydrogen-bond acceptors (Lipinski definition) is 4. The number of aromatic amines is 1. The molecule has 0 aliphatic heterocycles. The molecule has 1 amide bonds. The van der Waals surface area contributed by atoms with Crippen LogP contribution in [0.2, 0.25) is 0 Å². The average molecular weight is 381 g/mol. The molecule has 6 heteroatoms. The van der Waals surface area contributed by atoms with Crippen molar-refractivity contribution in [2.75, 3.05) is 5.32 Å². The molecule has 0 spiro atoms. The normalized spacial score (nSPS) is 12.0. The molecule has 3 rings (SSSR count). The number of hydrogen-bond donors (Lipinski definition) is 2. The molecule has 0 saturated carbocycles. The summed E-state index contributed by atoms with van der Waals surface area (Å²) >= 11 is 1.34. The predicted octanol–water partition coefficient (Wildman–Crippen LogP) is 4.82. The van der Waals surface area contributed by atoms with Crippen molar-refractivity contribution in [1.29, 1.82) is 0 Å². The van der Waals surface area contributed by atoms with E-state index >= 15 is 0 Å². The SMILES string of the molecule is Cc1ccc(-c2nc(S[C@H](C)C(=O)Nc3c(C)cc(C)cc3C)n[nH]2)cc1. The Morgan fingerprint density at radius 1 is 1.04 bits per heavy atom. The molecule has 140 valence electrons. The number of anilines is 1. The van der Waals surface area contributed by atoms with Gasteiger partial charge in [-0.1, -0.05) is 59.3 Å². The van der Waals surface area contributed by atoms with Gasteiger partial charge in [0.2, 0.25) is 11.1 Å². The zero-order valence-corrected chi connectivity index (χ0v) is 17.1. The van der Waals surface area contributed by atoms with Crippen molar-refractivity contribution >= 4 is 23.4 Å². The van der Waals surface area contributed by atoms with Crippen molar-refractivity contribution in [3.8, 4) is 11.4 Å². The summed E-state index contributed by atoms with van der Waals surface area (Å²) in [6.45, 7) is 9.98. The van der Waals surface area contributed by atoms with Crippen molar-refractivity contribution in [2.24, 2.45) is 0 Å². The highest BCUT2D eigenvalue weighted by Gasteiger charge is 2.19. The summed E-state index contributed by atoms with van der Waals surface area (Å²) < 4.78 is 0. The first-order chi connectivity index (χ1) is 12.8. The zero-order valence-electron chi connectivity index (χ0n) is 16.3. The number of amides is 1. The van der Waals surface area contributed by atoms with Crippen LogP contribution in [0, 0.1) is 27.7 Å². The maximum atomic E-state index is 12.6. The molecule has 2 aromatic carbocycles. The third-order valence-electron chi connectivity index (χ3n) is 4.37. The number of aryl methyl sites for hydroxylation is 4. The molecule has 3 aromatic rings. The fraction of sp³-hybridized carbons (Fsp3) is 0.286. The molecule has 1 aromatic heterocycles. The monoisotopic (exact) mass is 380 g/mol. The highest BCUT2D eigenvalue weighted by molar-refractivity contribution is 8.00. The largest absolute Gasteiger partial charge is 0.325 e. The van der Waals surface area contributed by atoms with Crippen LogP contribution in [-0.4, -0.2) is 26.3 Å². The van der Waals surface area contributed by atoms with E-state index < -0.39 is 0 Å². The maximum absolute atomic E-state index is 12.6. The molecule has 0 aliphatic carbocycles. The first kappa shape index (κ1) is 19.2. The quantitative estimate of drug-likeness (QED) is 0.622. The Hall–Kier alpha value is -2.60. The molecule has 0 radical (unpaired) electrons. The third-order valence-corrected chi connectivity index (χ3v) is 5.33. The van der Waals surface area contributed by atoms with Crippen LogP contribution in [0.15, 0.2) is 41.6 Å². The van der Waals surface area contributed by atoms with Crippen LogP contribution in [0.1, 0.15) is 29.2 Å². The van der Waals surface area contributed by atoms with Crippen molar-refractivity contribution in [2.45, 2.75) is 45.0 Å². The summed E-state index contributed by atoms with van der Waals surface area (Å²) in [6, 6.07) is 12.2. The Balaban J connectivity index is 1.68. The van der Waals surface area contributed by atoms with E-state index in [9.17, 15) is 4.79 Å². The Morgan fingerprint density at radius 2 is 1.67 bits per heavy atom. The van der Waals surface area contributed by atoms with Crippen molar-refractivity contribution < 1.29 is 4.79 Å². The first-order valence-electron chi connectivity index (χ1n) is 8.88. The Morgan fingerprint density at radius 3 is 2.30 bits per heavy atom. The van der Waals surface area contributed by atoms with Crippen LogP contribution >= 0.6 is 11.8 Å². The molecule has 2 N–H and O–H groups in total. The highest BCUT2D eigenvalue weighted by atomic mass is 32.2. The minimum absolute atomic E-state index is 0.0586. The Bertz CT molecular complexity index is 940. The molecule has 27 heavy (non-hydrogen) atoms. The van der Waals surface area contributed by atoms with Crippen LogP contribution in [-0.2, 0) is 4.79 Å². The number of benzene rings is 2. The molecular weight excluding hydrogens is 356 g/mol. The molecule has 5 nitrogen and oxygen atoms in total. The van der Waals surface area contributed by atoms with Gasteiger partial charge >= 0.3 is 0 Å². The fourth-order valence-electron chi connectivity index (χ4n) is 2.95. The van der Waals surface area contributed by atoms with Gasteiger partial charge in [-0.2, -0.15) is 0 Å². The highest BCUT2D eigenvalue weighted by Crippen LogP contribution is 2.26. The maximum Gasteiger partial charge on any atom is 0.237 e. The second-order valence-corrected chi connectivity index (χ2v) is 8.16. The van der Waals surface area contributed by atoms with Crippen molar-refractivity contribution in [1.82, 2.24) is 15.2 Å². The average Bonchev–Trinajstić information content (AvgIpc) is 3.07. The lowest BCUT2D eigenvalue weighted by Crippen LogP contribution is -2.23. The lowest BCUT2D eigenvalue weighted by Gasteiger charge is -2.15. The van der Waals surface area contributed by atoms with Gasteiger partial charge in [0.1, 0.15) is 0 Å². The summed E-state index contributed by atoms with van der Waals surface area (Å²) in [5.41, 5.74) is 6.38. The number of carbonyl (C=O) groups excluding carboxylic acids is 1. The Kier molecular flexibility index (Phi) is 5.65. The molecule has 0 bridgehead atoms. The predicted molar refractivity (Wildman–Crippen MR) is 111 cm³/mol. The van der Waals surface area contributed by atoms with Gasteiger partial charge in [-0.05, 0) is 45.7 Å². The Labute approximate surface area is 164 Å². The number of nitrogens with one attached hydrogen (secondary N) is 2. The molecule has 0 aliphatic rings. The van der Waals surface area contributed by atoms with Gasteiger partial charge in [0, 0.05) is 11.3 Å². The topological polar surface area (TPSA) is 70.7 Å². The second kappa shape index (κ2) is 7.96. The number of nitrogens with zero attached hydrogens (tertiary/aromatic N) is 2. The van der Waals surface area contributed by atoms with Crippen LogP contribution in [0.25, 0.3) is 11.4 Å². The number of aromatic nitrogens is 3. The molecule has 1 heterocycles. The van der Waals surface area contributed by atoms with Gasteiger partial charge in [-0.15, -0.1) is 5.10 Å². The van der Waals surface area contributed by atoms with Crippen LogP contribution in [0.5, 0.6) is 0 Å². The number of rotatable bonds is 5. The van der Waals surface area contributed by atoms with Crippen molar-refractivity contribution in [3.63, 3.8) is 0 Å². The van der Waals surface area contributed by atoms with Gasteiger partial charge in [0.05, 0.1) is 5.25 Å².